The lowest BCUT2D eigenvalue weighted by Crippen LogP contribution is -2.39. The number of ether oxygens (including phenoxy) is 2. The number of methoxy groups -OCH3 is 2. The van der Waals surface area contributed by atoms with E-state index in [9.17, 15) is 9.59 Å². The molecule has 23 heavy (non-hydrogen) atoms. The fourth-order valence-electron chi connectivity index (χ4n) is 2.04. The average Bonchev–Trinajstić information content (AvgIpc) is 2.55. The van der Waals surface area contributed by atoms with Gasteiger partial charge in [-0.15, -0.1) is 0 Å². The summed E-state index contributed by atoms with van der Waals surface area (Å²) in [5.41, 5.74) is 1.99. The van der Waals surface area contributed by atoms with Crippen molar-refractivity contribution in [1.82, 2.24) is 15.5 Å². The van der Waals surface area contributed by atoms with E-state index in [4.69, 9.17) is 9.47 Å². The Hall–Kier alpha value is -2.28. The number of aryl methyl sites for hydroxylation is 1. The Labute approximate surface area is 136 Å². The summed E-state index contributed by atoms with van der Waals surface area (Å²) in [5.74, 6) is 1.04. The molecule has 128 valence electrons. The molecule has 0 radical (unpaired) electrons. The van der Waals surface area contributed by atoms with Crippen molar-refractivity contribution in [1.29, 1.82) is 0 Å². The number of nitrogens with one attached hydrogen (secondary N) is 2. The molecule has 1 rings (SSSR count). The number of amides is 2. The van der Waals surface area contributed by atoms with E-state index in [1.807, 2.05) is 19.1 Å². The van der Waals surface area contributed by atoms with Gasteiger partial charge in [0.1, 0.15) is 0 Å². The van der Waals surface area contributed by atoms with Crippen molar-refractivity contribution >= 4 is 11.8 Å². The second-order valence-electron chi connectivity index (χ2n) is 5.16. The van der Waals surface area contributed by atoms with Gasteiger partial charge in [-0.25, -0.2) is 0 Å². The fourth-order valence-corrected chi connectivity index (χ4v) is 2.04. The van der Waals surface area contributed by atoms with Crippen LogP contribution in [0.2, 0.25) is 0 Å². The van der Waals surface area contributed by atoms with Crippen molar-refractivity contribution in [2.45, 2.75) is 13.5 Å². The van der Waals surface area contributed by atoms with Gasteiger partial charge in [-0.05, 0) is 30.2 Å². The zero-order chi connectivity index (χ0) is 17.4. The van der Waals surface area contributed by atoms with Crippen LogP contribution in [0.4, 0.5) is 0 Å². The molecule has 0 saturated heterocycles. The quantitative estimate of drug-likeness (QED) is 0.720. The minimum absolute atomic E-state index is 0.0944. The van der Waals surface area contributed by atoms with E-state index < -0.39 is 0 Å². The molecule has 2 amide bonds. The summed E-state index contributed by atoms with van der Waals surface area (Å²) in [4.78, 5) is 24.8. The summed E-state index contributed by atoms with van der Waals surface area (Å²) < 4.78 is 10.5. The summed E-state index contributed by atoms with van der Waals surface area (Å²) in [7, 11) is 6.44. The largest absolute Gasteiger partial charge is 0.493 e. The van der Waals surface area contributed by atoms with E-state index in [0.717, 1.165) is 11.1 Å². The minimum atomic E-state index is -0.156. The normalized spacial score (nSPS) is 10.1. The number of likely N-dealkylation sites (N-methyl/N-ethyl adjacent to an activating group) is 2. The highest BCUT2D eigenvalue weighted by molar-refractivity contribution is 5.80. The monoisotopic (exact) mass is 323 g/mol. The van der Waals surface area contributed by atoms with Crippen molar-refractivity contribution < 1.29 is 19.1 Å². The molecule has 0 bridgehead atoms. The van der Waals surface area contributed by atoms with Crippen LogP contribution in [0.5, 0.6) is 11.5 Å². The Morgan fingerprint density at radius 2 is 1.74 bits per heavy atom. The molecule has 0 aromatic heterocycles. The predicted molar refractivity (Wildman–Crippen MR) is 87.7 cm³/mol. The van der Waals surface area contributed by atoms with E-state index >= 15 is 0 Å². The first-order chi connectivity index (χ1) is 10.9. The SMILES string of the molecule is CNC(=O)CNCC(=O)N(C)Cc1cc(OC)c(OC)cc1C. The molecule has 0 saturated carbocycles. The Morgan fingerprint density at radius 1 is 1.13 bits per heavy atom. The molecule has 1 aromatic rings. The second kappa shape index (κ2) is 8.99. The van der Waals surface area contributed by atoms with E-state index in [-0.39, 0.29) is 24.9 Å². The Bertz CT molecular complexity index is 561. The van der Waals surface area contributed by atoms with E-state index in [0.29, 0.717) is 18.0 Å². The zero-order valence-electron chi connectivity index (χ0n) is 14.4. The Balaban J connectivity index is 2.67. The van der Waals surface area contributed by atoms with Crippen LogP contribution in [0.3, 0.4) is 0 Å². The Morgan fingerprint density at radius 3 is 2.30 bits per heavy atom. The number of hydrogen-bond acceptors (Lipinski definition) is 5. The first-order valence-corrected chi connectivity index (χ1v) is 7.29. The first kappa shape index (κ1) is 18.8. The summed E-state index contributed by atoms with van der Waals surface area (Å²) in [6, 6.07) is 3.76. The van der Waals surface area contributed by atoms with Gasteiger partial charge in [0.05, 0.1) is 27.3 Å². The molecule has 7 heteroatoms. The molecule has 0 aliphatic heterocycles. The number of carbonyl (C=O) groups excluding carboxylic acids is 2. The van der Waals surface area contributed by atoms with Crippen molar-refractivity contribution in [3.63, 3.8) is 0 Å². The van der Waals surface area contributed by atoms with E-state index in [2.05, 4.69) is 10.6 Å². The molecule has 7 nitrogen and oxygen atoms in total. The minimum Gasteiger partial charge on any atom is -0.493 e. The van der Waals surface area contributed by atoms with Crippen LogP contribution in [0.1, 0.15) is 11.1 Å². The third-order valence-electron chi connectivity index (χ3n) is 3.52. The lowest BCUT2D eigenvalue weighted by molar-refractivity contribution is -0.129. The average molecular weight is 323 g/mol. The molecular formula is C16H25N3O4. The standard InChI is InChI=1S/C16H25N3O4/c1-11-6-13(22-4)14(23-5)7-12(11)10-19(3)16(21)9-18-8-15(20)17-2/h6-7,18H,8-10H2,1-5H3,(H,17,20). The van der Waals surface area contributed by atoms with Gasteiger partial charge in [0.25, 0.3) is 0 Å². The van der Waals surface area contributed by atoms with Crippen molar-refractivity contribution in [3.8, 4) is 11.5 Å². The van der Waals surface area contributed by atoms with Gasteiger partial charge in [0.15, 0.2) is 11.5 Å². The molecule has 0 spiro atoms. The molecular weight excluding hydrogens is 298 g/mol. The maximum absolute atomic E-state index is 12.1. The first-order valence-electron chi connectivity index (χ1n) is 7.29. The van der Waals surface area contributed by atoms with Crippen molar-refractivity contribution in [2.24, 2.45) is 0 Å². The zero-order valence-corrected chi connectivity index (χ0v) is 14.4. The number of rotatable bonds is 8. The lowest BCUT2D eigenvalue weighted by atomic mass is 10.1. The van der Waals surface area contributed by atoms with E-state index in [1.165, 1.54) is 0 Å². The smallest absolute Gasteiger partial charge is 0.236 e. The number of benzene rings is 1. The summed E-state index contributed by atoms with van der Waals surface area (Å²) >= 11 is 0. The highest BCUT2D eigenvalue weighted by atomic mass is 16.5. The van der Waals surface area contributed by atoms with Crippen LogP contribution in [0, 0.1) is 6.92 Å². The third kappa shape index (κ3) is 5.45. The molecule has 0 unspecified atom stereocenters. The highest BCUT2D eigenvalue weighted by Gasteiger charge is 2.14. The van der Waals surface area contributed by atoms with Gasteiger partial charge in [-0.2, -0.15) is 0 Å². The molecule has 0 aliphatic carbocycles. The Kier molecular flexibility index (Phi) is 7.34. The van der Waals surface area contributed by atoms with Crippen LogP contribution >= 0.6 is 0 Å². The molecule has 0 fully saturated rings. The van der Waals surface area contributed by atoms with Crippen LogP contribution in [-0.2, 0) is 16.1 Å². The van der Waals surface area contributed by atoms with Crippen LogP contribution in [0.15, 0.2) is 12.1 Å². The van der Waals surface area contributed by atoms with Crippen molar-refractivity contribution in [2.75, 3.05) is 41.4 Å². The highest BCUT2D eigenvalue weighted by Crippen LogP contribution is 2.30. The third-order valence-corrected chi connectivity index (χ3v) is 3.52. The molecule has 0 heterocycles. The van der Waals surface area contributed by atoms with Gasteiger partial charge >= 0.3 is 0 Å². The maximum Gasteiger partial charge on any atom is 0.236 e. The van der Waals surface area contributed by atoms with Gasteiger partial charge in [0.2, 0.25) is 11.8 Å². The van der Waals surface area contributed by atoms with Crippen molar-refractivity contribution in [3.05, 3.63) is 23.3 Å². The fraction of sp³-hybridized carbons (Fsp3) is 0.500. The number of carbonyl (C=O) groups is 2. The number of nitrogens with zero attached hydrogens (tertiary/aromatic N) is 1. The topological polar surface area (TPSA) is 79.9 Å². The molecule has 0 atom stereocenters. The number of hydrogen-bond donors (Lipinski definition) is 2. The van der Waals surface area contributed by atoms with E-state index in [1.54, 1.807) is 33.2 Å². The molecule has 0 aliphatic rings. The molecule has 2 N–H and O–H groups in total. The van der Waals surface area contributed by atoms with Gasteiger partial charge in [0, 0.05) is 20.6 Å². The van der Waals surface area contributed by atoms with Gasteiger partial charge in [-0.3, -0.25) is 14.9 Å². The van der Waals surface area contributed by atoms with Gasteiger partial charge < -0.3 is 19.7 Å². The summed E-state index contributed by atoms with van der Waals surface area (Å²) in [6.45, 7) is 2.63. The summed E-state index contributed by atoms with van der Waals surface area (Å²) in [5, 5.41) is 5.30. The van der Waals surface area contributed by atoms with Crippen LogP contribution in [0.25, 0.3) is 0 Å². The second-order valence-corrected chi connectivity index (χ2v) is 5.16. The summed E-state index contributed by atoms with van der Waals surface area (Å²) in [6.07, 6.45) is 0. The van der Waals surface area contributed by atoms with Crippen LogP contribution in [-0.4, -0.2) is 58.1 Å². The van der Waals surface area contributed by atoms with Crippen LogP contribution < -0.4 is 20.1 Å². The lowest BCUT2D eigenvalue weighted by Gasteiger charge is -2.20. The maximum atomic E-state index is 12.1. The van der Waals surface area contributed by atoms with Gasteiger partial charge in [-0.1, -0.05) is 0 Å². The predicted octanol–water partition coefficient (Wildman–Crippen LogP) is 0.306. The molecule has 1 aromatic carbocycles.